The van der Waals surface area contributed by atoms with Crippen molar-refractivity contribution in [3.63, 3.8) is 0 Å². The summed E-state index contributed by atoms with van der Waals surface area (Å²) in [4.78, 5) is 0.537. The van der Waals surface area contributed by atoms with Gasteiger partial charge in [-0.3, -0.25) is 0 Å². The number of halogens is 2. The lowest BCUT2D eigenvalue weighted by molar-refractivity contribution is 0.510. The molecule has 3 aromatic heterocycles. The van der Waals surface area contributed by atoms with Crippen molar-refractivity contribution in [1.82, 2.24) is 19.8 Å². The second kappa shape index (κ2) is 4.68. The van der Waals surface area contributed by atoms with E-state index in [0.29, 0.717) is 4.96 Å². The van der Waals surface area contributed by atoms with E-state index in [1.165, 1.54) is 28.0 Å². The molecule has 4 nitrogen and oxygen atoms in total. The van der Waals surface area contributed by atoms with E-state index in [1.54, 1.807) is 11.3 Å². The standard InChI is InChI=1S/C13H6F2N4S2/c14-9-3-1-2-8(10(9)15)11-16-17-13-19(11)18-12(21-13)7-4-5-20-6-7/h1-6H. The topological polar surface area (TPSA) is 43.1 Å². The highest BCUT2D eigenvalue weighted by molar-refractivity contribution is 7.20. The number of nitrogens with zero attached hydrogens (tertiary/aromatic N) is 4. The van der Waals surface area contributed by atoms with Crippen molar-refractivity contribution in [2.45, 2.75) is 0 Å². The number of hydrogen-bond donors (Lipinski definition) is 0. The number of fused-ring (bicyclic) bond motifs is 1. The summed E-state index contributed by atoms with van der Waals surface area (Å²) in [5.74, 6) is -1.67. The van der Waals surface area contributed by atoms with Crippen molar-refractivity contribution in [3.8, 4) is 22.0 Å². The first-order valence-electron chi connectivity index (χ1n) is 5.93. The third-order valence-electron chi connectivity index (χ3n) is 2.95. The molecule has 3 heterocycles. The Kier molecular flexibility index (Phi) is 2.79. The molecule has 0 saturated carbocycles. The highest BCUT2D eigenvalue weighted by atomic mass is 32.1. The van der Waals surface area contributed by atoms with E-state index < -0.39 is 11.6 Å². The Labute approximate surface area is 125 Å². The molecule has 21 heavy (non-hydrogen) atoms. The SMILES string of the molecule is Fc1cccc(-c2nnc3sc(-c4ccsc4)nn23)c1F. The fourth-order valence-corrected chi connectivity index (χ4v) is 3.51. The Bertz CT molecular complexity index is 927. The molecule has 4 aromatic rings. The molecule has 0 spiro atoms. The molecule has 104 valence electrons. The molecule has 0 aliphatic heterocycles. The molecule has 0 fully saturated rings. The molecule has 0 aliphatic rings. The van der Waals surface area contributed by atoms with Crippen molar-refractivity contribution >= 4 is 27.6 Å². The average molecular weight is 320 g/mol. The lowest BCUT2D eigenvalue weighted by Crippen LogP contribution is -1.95. The van der Waals surface area contributed by atoms with Gasteiger partial charge in [0.2, 0.25) is 4.96 Å². The predicted octanol–water partition coefficient (Wildman–Crippen LogP) is 3.86. The first-order chi connectivity index (χ1) is 10.2. The van der Waals surface area contributed by atoms with Crippen LogP contribution >= 0.6 is 22.7 Å². The van der Waals surface area contributed by atoms with Crippen LogP contribution < -0.4 is 0 Å². The lowest BCUT2D eigenvalue weighted by Gasteiger charge is -1.99. The van der Waals surface area contributed by atoms with Gasteiger partial charge in [0, 0.05) is 10.9 Å². The minimum atomic E-state index is -0.947. The molecule has 0 saturated heterocycles. The summed E-state index contributed by atoms with van der Waals surface area (Å²) in [6, 6.07) is 5.90. The Morgan fingerprint density at radius 2 is 2.00 bits per heavy atom. The predicted molar refractivity (Wildman–Crippen MR) is 77.3 cm³/mol. The van der Waals surface area contributed by atoms with Crippen LogP contribution in [0, 0.1) is 11.6 Å². The first kappa shape index (κ1) is 12.5. The lowest BCUT2D eigenvalue weighted by atomic mass is 10.2. The highest BCUT2D eigenvalue weighted by Crippen LogP contribution is 2.30. The van der Waals surface area contributed by atoms with Crippen LogP contribution in [0.1, 0.15) is 0 Å². The zero-order valence-corrected chi connectivity index (χ0v) is 12.0. The normalized spacial score (nSPS) is 11.3. The van der Waals surface area contributed by atoms with E-state index in [4.69, 9.17) is 0 Å². The van der Waals surface area contributed by atoms with Crippen LogP contribution in [0.2, 0.25) is 0 Å². The third kappa shape index (κ3) is 1.95. The minimum absolute atomic E-state index is 0.0460. The van der Waals surface area contributed by atoms with Gasteiger partial charge >= 0.3 is 0 Å². The molecule has 4 rings (SSSR count). The number of thiophene rings is 1. The number of rotatable bonds is 2. The molecule has 0 amide bonds. The minimum Gasteiger partial charge on any atom is -0.204 e. The number of aromatic nitrogens is 4. The molecule has 0 aliphatic carbocycles. The van der Waals surface area contributed by atoms with E-state index >= 15 is 0 Å². The largest absolute Gasteiger partial charge is 0.235 e. The van der Waals surface area contributed by atoms with Gasteiger partial charge in [0.1, 0.15) is 5.01 Å². The second-order valence-electron chi connectivity index (χ2n) is 4.24. The van der Waals surface area contributed by atoms with Crippen LogP contribution in [0.4, 0.5) is 8.78 Å². The quantitative estimate of drug-likeness (QED) is 0.563. The Balaban J connectivity index is 1.92. The summed E-state index contributed by atoms with van der Waals surface area (Å²) < 4.78 is 28.7. The van der Waals surface area contributed by atoms with Gasteiger partial charge in [0.25, 0.3) is 0 Å². The Hall–Kier alpha value is -2.19. The van der Waals surface area contributed by atoms with Crippen LogP contribution in [-0.4, -0.2) is 19.8 Å². The van der Waals surface area contributed by atoms with E-state index in [9.17, 15) is 8.78 Å². The van der Waals surface area contributed by atoms with E-state index in [0.717, 1.165) is 16.6 Å². The van der Waals surface area contributed by atoms with Crippen LogP contribution in [0.5, 0.6) is 0 Å². The summed E-state index contributed by atoms with van der Waals surface area (Å²) in [6.07, 6.45) is 0. The summed E-state index contributed by atoms with van der Waals surface area (Å²) in [7, 11) is 0. The van der Waals surface area contributed by atoms with E-state index in [2.05, 4.69) is 15.3 Å². The summed E-state index contributed by atoms with van der Waals surface area (Å²) in [5, 5.41) is 17.0. The van der Waals surface area contributed by atoms with Gasteiger partial charge in [-0.25, -0.2) is 8.78 Å². The van der Waals surface area contributed by atoms with Crippen molar-refractivity contribution in [2.24, 2.45) is 0 Å². The van der Waals surface area contributed by atoms with Gasteiger partial charge in [-0.15, -0.1) is 10.2 Å². The van der Waals surface area contributed by atoms with Gasteiger partial charge < -0.3 is 0 Å². The molecule has 0 bridgehead atoms. The Morgan fingerprint density at radius 3 is 2.81 bits per heavy atom. The van der Waals surface area contributed by atoms with Crippen molar-refractivity contribution in [3.05, 3.63) is 46.7 Å². The number of hydrogen-bond acceptors (Lipinski definition) is 5. The summed E-state index contributed by atoms with van der Waals surface area (Å²) in [6.45, 7) is 0. The zero-order valence-electron chi connectivity index (χ0n) is 10.3. The molecule has 1 aromatic carbocycles. The van der Waals surface area contributed by atoms with Gasteiger partial charge in [-0.1, -0.05) is 17.4 Å². The molecular formula is C13H6F2N4S2. The van der Waals surface area contributed by atoms with E-state index in [1.807, 2.05) is 16.8 Å². The summed E-state index contributed by atoms with van der Waals surface area (Å²) in [5.41, 5.74) is 1.02. The van der Waals surface area contributed by atoms with Gasteiger partial charge in [0.15, 0.2) is 17.5 Å². The highest BCUT2D eigenvalue weighted by Gasteiger charge is 2.18. The fourth-order valence-electron chi connectivity index (χ4n) is 1.96. The van der Waals surface area contributed by atoms with Crippen LogP contribution in [0.15, 0.2) is 35.0 Å². The molecule has 0 N–H and O–H groups in total. The summed E-state index contributed by atoms with van der Waals surface area (Å²) >= 11 is 2.91. The number of benzene rings is 1. The molecule has 8 heteroatoms. The third-order valence-corrected chi connectivity index (χ3v) is 4.58. The van der Waals surface area contributed by atoms with Crippen molar-refractivity contribution in [2.75, 3.05) is 0 Å². The second-order valence-corrected chi connectivity index (χ2v) is 5.97. The molecular weight excluding hydrogens is 314 g/mol. The smallest absolute Gasteiger partial charge is 0.204 e. The van der Waals surface area contributed by atoms with Gasteiger partial charge in [-0.2, -0.15) is 21.0 Å². The Morgan fingerprint density at radius 1 is 1.10 bits per heavy atom. The zero-order chi connectivity index (χ0) is 14.4. The average Bonchev–Trinajstić information content (AvgIpc) is 3.16. The fraction of sp³-hybridized carbons (Fsp3) is 0. The van der Waals surface area contributed by atoms with Gasteiger partial charge in [-0.05, 0) is 23.6 Å². The van der Waals surface area contributed by atoms with Crippen LogP contribution in [0.25, 0.3) is 26.9 Å². The van der Waals surface area contributed by atoms with Crippen LogP contribution in [0.3, 0.4) is 0 Å². The molecule has 0 atom stereocenters. The molecule has 0 unspecified atom stereocenters. The maximum absolute atomic E-state index is 13.9. The van der Waals surface area contributed by atoms with Crippen molar-refractivity contribution < 1.29 is 8.78 Å². The van der Waals surface area contributed by atoms with E-state index in [-0.39, 0.29) is 11.4 Å². The van der Waals surface area contributed by atoms with Crippen LogP contribution in [-0.2, 0) is 0 Å². The van der Waals surface area contributed by atoms with Crippen molar-refractivity contribution in [1.29, 1.82) is 0 Å². The van der Waals surface area contributed by atoms with Gasteiger partial charge in [0.05, 0.1) is 5.56 Å². The first-order valence-corrected chi connectivity index (χ1v) is 7.69. The maximum atomic E-state index is 13.9. The maximum Gasteiger partial charge on any atom is 0.235 e. The molecule has 0 radical (unpaired) electrons. The monoisotopic (exact) mass is 320 g/mol.